The fourth-order valence-corrected chi connectivity index (χ4v) is 1.34. The molecule has 0 unspecified atom stereocenters. The van der Waals surface area contributed by atoms with Crippen molar-refractivity contribution in [2.24, 2.45) is 5.92 Å². The Hall–Kier alpha value is -1.44. The number of nitrogens with one attached hydrogen (secondary N) is 1. The number of carboxylic acid groups (broad SMARTS) is 1. The van der Waals surface area contributed by atoms with E-state index in [1.54, 1.807) is 0 Å². The van der Waals surface area contributed by atoms with Crippen LogP contribution >= 0.6 is 0 Å². The van der Waals surface area contributed by atoms with Crippen molar-refractivity contribution in [3.05, 3.63) is 0 Å². The molecular weight excluding hydrogens is 262 g/mol. The Morgan fingerprint density at radius 3 is 2.47 bits per heavy atom. The van der Waals surface area contributed by atoms with Crippen molar-refractivity contribution in [1.29, 1.82) is 0 Å². The second-order valence-electron chi connectivity index (χ2n) is 4.37. The number of ether oxygens (including phenoxy) is 1. The zero-order chi connectivity index (χ0) is 14.8. The first-order valence-electron chi connectivity index (χ1n) is 5.93. The molecule has 0 aliphatic heterocycles. The molecule has 0 saturated carbocycles. The molecule has 0 heterocycles. The molecule has 0 rings (SSSR count). The summed E-state index contributed by atoms with van der Waals surface area (Å²) in [5, 5.41) is 11.1. The van der Waals surface area contributed by atoms with E-state index in [1.165, 1.54) is 0 Å². The van der Waals surface area contributed by atoms with E-state index in [0.717, 1.165) is 4.90 Å². The van der Waals surface area contributed by atoms with Crippen molar-refractivity contribution in [3.63, 3.8) is 0 Å². The highest BCUT2D eigenvalue weighted by Crippen LogP contribution is 1.99. The summed E-state index contributed by atoms with van der Waals surface area (Å²) in [7, 11) is 0. The van der Waals surface area contributed by atoms with Crippen LogP contribution in [0.25, 0.3) is 0 Å². The van der Waals surface area contributed by atoms with Gasteiger partial charge >= 0.3 is 12.0 Å². The summed E-state index contributed by atoms with van der Waals surface area (Å²) in [6.07, 6.45) is -2.54. The molecule has 0 atom stereocenters. The molecule has 0 fully saturated rings. The number of urea groups is 1. The molecule has 0 aliphatic rings. The summed E-state index contributed by atoms with van der Waals surface area (Å²) in [6.45, 7) is 2.94. The maximum atomic E-state index is 11.7. The van der Waals surface area contributed by atoms with E-state index in [-0.39, 0.29) is 19.1 Å². The summed E-state index contributed by atoms with van der Waals surface area (Å²) in [4.78, 5) is 23.4. The van der Waals surface area contributed by atoms with Gasteiger partial charge in [-0.2, -0.15) is 0 Å². The molecule has 0 bridgehead atoms. The molecule has 0 saturated heterocycles. The molecule has 0 aromatic carbocycles. The number of hydrogen-bond donors (Lipinski definition) is 2. The minimum atomic E-state index is -2.54. The SMILES string of the molecule is CC(C)CN(CC(=O)O)C(=O)NCCOCC(F)F. The summed E-state index contributed by atoms with van der Waals surface area (Å²) >= 11 is 0. The number of hydrogen-bond acceptors (Lipinski definition) is 3. The van der Waals surface area contributed by atoms with Crippen molar-refractivity contribution in [3.8, 4) is 0 Å². The highest BCUT2D eigenvalue weighted by atomic mass is 19.3. The number of alkyl halides is 2. The lowest BCUT2D eigenvalue weighted by atomic mass is 10.2. The molecule has 0 aromatic rings. The molecule has 2 N–H and O–H groups in total. The van der Waals surface area contributed by atoms with Gasteiger partial charge in [-0.1, -0.05) is 13.8 Å². The smallest absolute Gasteiger partial charge is 0.323 e. The minimum Gasteiger partial charge on any atom is -0.480 e. The van der Waals surface area contributed by atoms with Crippen LogP contribution in [0.5, 0.6) is 0 Å². The third-order valence-corrected chi connectivity index (χ3v) is 1.97. The summed E-state index contributed by atoms with van der Waals surface area (Å²) in [6, 6.07) is -0.545. The van der Waals surface area contributed by atoms with Crippen LogP contribution < -0.4 is 5.32 Å². The second kappa shape index (κ2) is 9.48. The van der Waals surface area contributed by atoms with Gasteiger partial charge in [-0.15, -0.1) is 0 Å². The lowest BCUT2D eigenvalue weighted by Crippen LogP contribution is -2.45. The van der Waals surface area contributed by atoms with Crippen LogP contribution in [0.1, 0.15) is 13.8 Å². The topological polar surface area (TPSA) is 78.9 Å². The molecule has 0 aromatic heterocycles. The van der Waals surface area contributed by atoms with Gasteiger partial charge in [0, 0.05) is 13.1 Å². The molecular formula is C11H20F2N2O4. The summed E-state index contributed by atoms with van der Waals surface area (Å²) in [5.41, 5.74) is 0. The standard InChI is InChI=1S/C11H20F2N2O4/c1-8(2)5-15(6-10(16)17)11(18)14-3-4-19-7-9(12)13/h8-9H,3-7H2,1-2H3,(H,14,18)(H,16,17). The van der Waals surface area contributed by atoms with E-state index in [0.29, 0.717) is 6.54 Å². The largest absolute Gasteiger partial charge is 0.480 e. The number of carbonyl (C=O) groups is 2. The number of aliphatic carboxylic acids is 1. The van der Waals surface area contributed by atoms with E-state index in [4.69, 9.17) is 5.11 Å². The number of carboxylic acids is 1. The van der Waals surface area contributed by atoms with Gasteiger partial charge in [-0.25, -0.2) is 13.6 Å². The maximum Gasteiger partial charge on any atom is 0.323 e. The van der Waals surface area contributed by atoms with Crippen LogP contribution in [-0.2, 0) is 9.53 Å². The third kappa shape index (κ3) is 10.2. The average molecular weight is 282 g/mol. The van der Waals surface area contributed by atoms with Gasteiger partial charge < -0.3 is 20.1 Å². The first-order chi connectivity index (χ1) is 8.82. The van der Waals surface area contributed by atoms with Crippen molar-refractivity contribution in [2.75, 3.05) is 32.8 Å². The molecule has 19 heavy (non-hydrogen) atoms. The lowest BCUT2D eigenvalue weighted by Gasteiger charge is -2.23. The normalized spacial score (nSPS) is 10.8. The zero-order valence-corrected chi connectivity index (χ0v) is 11.1. The van der Waals surface area contributed by atoms with Gasteiger partial charge in [0.2, 0.25) is 0 Å². The van der Waals surface area contributed by atoms with E-state index in [2.05, 4.69) is 10.1 Å². The average Bonchev–Trinajstić information content (AvgIpc) is 2.25. The first-order valence-corrected chi connectivity index (χ1v) is 5.93. The number of carbonyl (C=O) groups excluding carboxylic acids is 1. The fourth-order valence-electron chi connectivity index (χ4n) is 1.34. The molecule has 8 heteroatoms. The Morgan fingerprint density at radius 1 is 1.37 bits per heavy atom. The van der Waals surface area contributed by atoms with Crippen LogP contribution in [0.4, 0.5) is 13.6 Å². The number of halogens is 2. The Labute approximate surface area is 110 Å². The second-order valence-corrected chi connectivity index (χ2v) is 4.37. The van der Waals surface area contributed by atoms with Gasteiger partial charge in [0.25, 0.3) is 6.43 Å². The zero-order valence-electron chi connectivity index (χ0n) is 11.1. The Bertz CT molecular complexity index is 288. The predicted molar refractivity (Wildman–Crippen MR) is 64.3 cm³/mol. The molecule has 0 spiro atoms. The van der Waals surface area contributed by atoms with Gasteiger partial charge in [-0.05, 0) is 5.92 Å². The minimum absolute atomic E-state index is 0.0430. The Morgan fingerprint density at radius 2 is 2.00 bits per heavy atom. The van der Waals surface area contributed by atoms with Crippen LogP contribution in [0.15, 0.2) is 0 Å². The molecule has 2 amide bonds. The number of rotatable bonds is 9. The van der Waals surface area contributed by atoms with Crippen LogP contribution in [0.3, 0.4) is 0 Å². The van der Waals surface area contributed by atoms with Crippen molar-refractivity contribution in [1.82, 2.24) is 10.2 Å². The lowest BCUT2D eigenvalue weighted by molar-refractivity contribution is -0.137. The summed E-state index contributed by atoms with van der Waals surface area (Å²) < 4.78 is 28.1. The van der Waals surface area contributed by atoms with Gasteiger partial charge in [-0.3, -0.25) is 4.79 Å². The summed E-state index contributed by atoms with van der Waals surface area (Å²) in [5.74, 6) is -0.982. The highest BCUT2D eigenvalue weighted by Gasteiger charge is 2.17. The quantitative estimate of drug-likeness (QED) is 0.619. The first kappa shape index (κ1) is 17.6. The molecule has 0 aliphatic carbocycles. The predicted octanol–water partition coefficient (Wildman–Crippen LogP) is 1.02. The van der Waals surface area contributed by atoms with Crippen LogP contribution in [0.2, 0.25) is 0 Å². The van der Waals surface area contributed by atoms with Crippen LogP contribution in [0, 0.1) is 5.92 Å². The van der Waals surface area contributed by atoms with Gasteiger partial charge in [0.1, 0.15) is 13.2 Å². The van der Waals surface area contributed by atoms with E-state index < -0.39 is 31.6 Å². The van der Waals surface area contributed by atoms with Gasteiger partial charge in [0.15, 0.2) is 0 Å². The number of nitrogens with zero attached hydrogens (tertiary/aromatic N) is 1. The Balaban J connectivity index is 3.99. The molecule has 6 nitrogen and oxygen atoms in total. The van der Waals surface area contributed by atoms with Crippen LogP contribution in [-0.4, -0.2) is 61.3 Å². The van der Waals surface area contributed by atoms with Crippen molar-refractivity contribution in [2.45, 2.75) is 20.3 Å². The van der Waals surface area contributed by atoms with E-state index in [1.807, 2.05) is 13.8 Å². The van der Waals surface area contributed by atoms with E-state index in [9.17, 15) is 18.4 Å². The molecule has 112 valence electrons. The van der Waals surface area contributed by atoms with Crippen molar-refractivity contribution >= 4 is 12.0 Å². The maximum absolute atomic E-state index is 11.7. The van der Waals surface area contributed by atoms with Crippen molar-refractivity contribution < 1.29 is 28.2 Å². The number of amides is 2. The molecule has 0 radical (unpaired) electrons. The fraction of sp³-hybridized carbons (Fsp3) is 0.818. The monoisotopic (exact) mass is 282 g/mol. The third-order valence-electron chi connectivity index (χ3n) is 1.97. The highest BCUT2D eigenvalue weighted by molar-refractivity contribution is 5.80. The van der Waals surface area contributed by atoms with E-state index >= 15 is 0 Å². The Kier molecular flexibility index (Phi) is 8.77. The van der Waals surface area contributed by atoms with Gasteiger partial charge in [0.05, 0.1) is 6.61 Å².